The van der Waals surface area contributed by atoms with E-state index in [-0.39, 0.29) is 24.4 Å². The third-order valence-electron chi connectivity index (χ3n) is 7.01. The van der Waals surface area contributed by atoms with Gasteiger partial charge in [0.15, 0.2) is 0 Å². The minimum Gasteiger partial charge on any atom is -0.497 e. The van der Waals surface area contributed by atoms with E-state index in [1.807, 2.05) is 30.3 Å². The molecule has 222 valence electrons. The molecule has 1 aromatic heterocycles. The van der Waals surface area contributed by atoms with Gasteiger partial charge in [0.1, 0.15) is 17.5 Å². The van der Waals surface area contributed by atoms with Crippen molar-refractivity contribution >= 4 is 40.3 Å². The number of rotatable bonds is 11. The summed E-state index contributed by atoms with van der Waals surface area (Å²) in [6.45, 7) is 5.67. The third kappa shape index (κ3) is 7.74. The molecule has 1 unspecified atom stereocenters. The van der Waals surface area contributed by atoms with Crippen LogP contribution in [0, 0.1) is 5.92 Å². The smallest absolute Gasteiger partial charge is 0.290 e. The standard InChI is InChI=1S/C31H37N5O6/c1-31(2,3)36-30(41)26(37)23(16-19-12-13-32-27(19)38)34-28(39)24(14-18-8-6-5-7-9-18)35-29(40)25-17-20-15-21(42-4)10-11-22(20)33-25/h5-11,15,17,19,23-24,33H,12-14,16H2,1-4H3,(H,32,38)(H,34,39)(H,35,40)(H,36,41)/t19-,23?,24-/m0/s1. The molecule has 11 heteroatoms. The predicted octanol–water partition coefficient (Wildman–Crippen LogP) is 2.01. The Balaban J connectivity index is 1.58. The molecule has 1 saturated heterocycles. The summed E-state index contributed by atoms with van der Waals surface area (Å²) in [6.07, 6.45) is 0.573. The summed E-state index contributed by atoms with van der Waals surface area (Å²) < 4.78 is 5.26. The lowest BCUT2D eigenvalue weighted by atomic mass is 9.94. The van der Waals surface area contributed by atoms with Crippen molar-refractivity contribution in [2.75, 3.05) is 13.7 Å². The van der Waals surface area contributed by atoms with Gasteiger partial charge in [-0.15, -0.1) is 0 Å². The van der Waals surface area contributed by atoms with E-state index in [0.29, 0.717) is 18.7 Å². The van der Waals surface area contributed by atoms with Crippen LogP contribution in [0.5, 0.6) is 5.75 Å². The molecule has 5 N–H and O–H groups in total. The van der Waals surface area contributed by atoms with E-state index in [1.165, 1.54) is 0 Å². The number of carbonyl (C=O) groups excluding carboxylic acids is 5. The van der Waals surface area contributed by atoms with Crippen LogP contribution in [0.1, 0.15) is 49.7 Å². The fourth-order valence-corrected chi connectivity index (χ4v) is 4.87. The van der Waals surface area contributed by atoms with E-state index in [4.69, 9.17) is 4.74 Å². The van der Waals surface area contributed by atoms with Gasteiger partial charge in [0, 0.05) is 35.3 Å². The highest BCUT2D eigenvalue weighted by molar-refractivity contribution is 6.38. The molecule has 42 heavy (non-hydrogen) atoms. The Morgan fingerprint density at radius 2 is 1.74 bits per heavy atom. The lowest BCUT2D eigenvalue weighted by molar-refractivity contribution is -0.141. The molecule has 3 atom stereocenters. The van der Waals surface area contributed by atoms with Crippen LogP contribution >= 0.6 is 0 Å². The minimum absolute atomic E-state index is 0.0379. The molecule has 0 radical (unpaired) electrons. The van der Waals surface area contributed by atoms with Gasteiger partial charge in [-0.25, -0.2) is 0 Å². The van der Waals surface area contributed by atoms with Gasteiger partial charge in [-0.05, 0) is 63.4 Å². The normalized spacial score (nSPS) is 16.3. The number of hydrogen-bond donors (Lipinski definition) is 5. The molecular weight excluding hydrogens is 538 g/mol. The maximum Gasteiger partial charge on any atom is 0.290 e. The number of fused-ring (bicyclic) bond motifs is 1. The quantitative estimate of drug-likeness (QED) is 0.220. The third-order valence-corrected chi connectivity index (χ3v) is 7.01. The maximum absolute atomic E-state index is 13.7. The van der Waals surface area contributed by atoms with Gasteiger partial charge in [-0.1, -0.05) is 30.3 Å². The first-order valence-electron chi connectivity index (χ1n) is 13.9. The summed E-state index contributed by atoms with van der Waals surface area (Å²) in [5.74, 6) is -3.02. The zero-order valence-corrected chi connectivity index (χ0v) is 24.2. The summed E-state index contributed by atoms with van der Waals surface area (Å²) >= 11 is 0. The highest BCUT2D eigenvalue weighted by Gasteiger charge is 2.36. The van der Waals surface area contributed by atoms with E-state index < -0.39 is 47.0 Å². The Morgan fingerprint density at radius 1 is 1.00 bits per heavy atom. The summed E-state index contributed by atoms with van der Waals surface area (Å²) in [5, 5.41) is 11.6. The van der Waals surface area contributed by atoms with Gasteiger partial charge in [-0.2, -0.15) is 0 Å². The predicted molar refractivity (Wildman–Crippen MR) is 157 cm³/mol. The van der Waals surface area contributed by atoms with Crippen LogP contribution in [0.3, 0.4) is 0 Å². The van der Waals surface area contributed by atoms with E-state index in [0.717, 1.165) is 16.5 Å². The van der Waals surface area contributed by atoms with Gasteiger partial charge in [0.2, 0.25) is 17.6 Å². The molecule has 0 spiro atoms. The Morgan fingerprint density at radius 3 is 2.38 bits per heavy atom. The molecule has 0 aliphatic carbocycles. The van der Waals surface area contributed by atoms with E-state index in [2.05, 4.69) is 26.3 Å². The molecule has 3 aromatic rings. The number of Topliss-reactive ketones (excluding diaryl/α,β-unsaturated/α-hetero) is 1. The zero-order valence-electron chi connectivity index (χ0n) is 24.2. The molecule has 1 fully saturated rings. The first-order valence-corrected chi connectivity index (χ1v) is 13.9. The number of carbonyl (C=O) groups is 5. The number of aromatic nitrogens is 1. The summed E-state index contributed by atoms with van der Waals surface area (Å²) in [6, 6.07) is 13.8. The van der Waals surface area contributed by atoms with Crippen molar-refractivity contribution in [1.82, 2.24) is 26.3 Å². The van der Waals surface area contributed by atoms with Crippen LogP contribution in [0.15, 0.2) is 54.6 Å². The molecule has 1 aliphatic rings. The Bertz CT molecular complexity index is 1480. The van der Waals surface area contributed by atoms with Gasteiger partial charge in [-0.3, -0.25) is 24.0 Å². The second kappa shape index (κ2) is 12.9. The summed E-state index contributed by atoms with van der Waals surface area (Å²) in [5.41, 5.74) is 1.06. The van der Waals surface area contributed by atoms with Gasteiger partial charge in [0.25, 0.3) is 11.8 Å². The first kappa shape index (κ1) is 30.3. The average Bonchev–Trinajstić information content (AvgIpc) is 3.56. The number of H-pyrrole nitrogens is 1. The largest absolute Gasteiger partial charge is 0.497 e. The Labute approximate surface area is 244 Å². The number of nitrogens with one attached hydrogen (secondary N) is 5. The maximum atomic E-state index is 13.7. The summed E-state index contributed by atoms with van der Waals surface area (Å²) in [7, 11) is 1.55. The number of hydrogen-bond acceptors (Lipinski definition) is 6. The van der Waals surface area contributed by atoms with Gasteiger partial charge < -0.3 is 31.0 Å². The lowest BCUT2D eigenvalue weighted by Crippen LogP contribution is -2.56. The molecule has 4 amide bonds. The minimum atomic E-state index is -1.26. The van der Waals surface area contributed by atoms with Crippen LogP contribution in [-0.4, -0.2) is 65.7 Å². The number of methoxy groups -OCH3 is 1. The molecule has 2 aromatic carbocycles. The van der Waals surface area contributed by atoms with Crippen molar-refractivity contribution in [3.05, 3.63) is 65.9 Å². The van der Waals surface area contributed by atoms with Crippen molar-refractivity contribution in [3.63, 3.8) is 0 Å². The first-order chi connectivity index (χ1) is 19.9. The van der Waals surface area contributed by atoms with Gasteiger partial charge in [0.05, 0.1) is 13.2 Å². The Kier molecular flexibility index (Phi) is 9.29. The highest BCUT2D eigenvalue weighted by atomic mass is 16.5. The topological polar surface area (TPSA) is 158 Å². The molecule has 4 rings (SSSR count). The van der Waals surface area contributed by atoms with Crippen LogP contribution in [0.4, 0.5) is 0 Å². The second-order valence-corrected chi connectivity index (χ2v) is 11.5. The molecule has 1 aliphatic heterocycles. The fourth-order valence-electron chi connectivity index (χ4n) is 4.87. The lowest BCUT2D eigenvalue weighted by Gasteiger charge is -2.26. The second-order valence-electron chi connectivity index (χ2n) is 11.5. The summed E-state index contributed by atoms with van der Waals surface area (Å²) in [4.78, 5) is 68.5. The molecule has 2 heterocycles. The van der Waals surface area contributed by atoms with Crippen molar-refractivity contribution in [3.8, 4) is 5.75 Å². The number of benzene rings is 2. The van der Waals surface area contributed by atoms with E-state index >= 15 is 0 Å². The monoisotopic (exact) mass is 575 g/mol. The number of aromatic amines is 1. The van der Waals surface area contributed by atoms with Crippen LogP contribution in [0.2, 0.25) is 0 Å². The van der Waals surface area contributed by atoms with Crippen molar-refractivity contribution in [2.45, 2.75) is 57.7 Å². The molecule has 0 saturated carbocycles. The number of amides is 4. The SMILES string of the molecule is COc1ccc2[nH]c(C(=O)N[C@@H](Cc3ccccc3)C(=O)NC(C[C@@H]3CCNC3=O)C(=O)C(=O)NC(C)(C)C)cc2c1. The van der Waals surface area contributed by atoms with Crippen molar-refractivity contribution in [1.29, 1.82) is 0 Å². The average molecular weight is 576 g/mol. The zero-order chi connectivity index (χ0) is 30.4. The Hall–Kier alpha value is -4.67. The van der Waals surface area contributed by atoms with Crippen molar-refractivity contribution < 1.29 is 28.7 Å². The number of ketones is 1. The molecule has 0 bridgehead atoms. The van der Waals surface area contributed by atoms with Crippen molar-refractivity contribution in [2.24, 2.45) is 5.92 Å². The molecule has 11 nitrogen and oxygen atoms in total. The van der Waals surface area contributed by atoms with E-state index in [9.17, 15) is 24.0 Å². The highest BCUT2D eigenvalue weighted by Crippen LogP contribution is 2.22. The fraction of sp³-hybridized carbons (Fsp3) is 0.387. The van der Waals surface area contributed by atoms with E-state index in [1.54, 1.807) is 52.1 Å². The van der Waals surface area contributed by atoms with Crippen LogP contribution in [0.25, 0.3) is 10.9 Å². The number of ether oxygens (including phenoxy) is 1. The van der Waals surface area contributed by atoms with Crippen LogP contribution in [-0.2, 0) is 25.6 Å². The van der Waals surface area contributed by atoms with Gasteiger partial charge >= 0.3 is 0 Å². The molecular formula is C31H37N5O6. The van der Waals surface area contributed by atoms with Crippen LogP contribution < -0.4 is 26.0 Å².